The van der Waals surface area contributed by atoms with Crippen molar-refractivity contribution in [1.29, 1.82) is 0 Å². The summed E-state index contributed by atoms with van der Waals surface area (Å²) in [7, 11) is 0. The summed E-state index contributed by atoms with van der Waals surface area (Å²) in [6.45, 7) is 14.8. The highest BCUT2D eigenvalue weighted by Crippen LogP contribution is 2.43. The lowest BCUT2D eigenvalue weighted by atomic mass is 9.73. The van der Waals surface area contributed by atoms with Crippen molar-refractivity contribution >= 4 is 64.1 Å². The predicted molar refractivity (Wildman–Crippen MR) is 287 cm³/mol. The highest BCUT2D eigenvalue weighted by molar-refractivity contribution is 7.99. The number of aromatic nitrogens is 5. The molecular formula is C54H68ClN11O7S2. The lowest BCUT2D eigenvalue weighted by Crippen LogP contribution is -2.50. The zero-order chi connectivity index (χ0) is 52.5. The van der Waals surface area contributed by atoms with Crippen molar-refractivity contribution in [2.24, 2.45) is 23.0 Å². The number of aliphatic hydroxyl groups is 1. The number of piperidine rings is 3. The maximum absolute atomic E-state index is 14.0. The molecule has 4 aromatic heterocycles. The Bertz CT molecular complexity index is 2830. The third-order valence-corrected chi connectivity index (χ3v) is 18.5. The maximum atomic E-state index is 14.0. The summed E-state index contributed by atoms with van der Waals surface area (Å²) in [6.07, 6.45) is 9.26. The quantitative estimate of drug-likeness (QED) is 0.102. The van der Waals surface area contributed by atoms with Gasteiger partial charge < -0.3 is 49.8 Å². The van der Waals surface area contributed by atoms with Crippen LogP contribution in [-0.2, 0) is 25.7 Å². The number of nitrogens with one attached hydrogen (secondary N) is 1. The van der Waals surface area contributed by atoms with Crippen LogP contribution in [0.3, 0.4) is 0 Å². The van der Waals surface area contributed by atoms with Crippen LogP contribution in [0.5, 0.6) is 5.75 Å². The Morgan fingerprint density at radius 3 is 2.41 bits per heavy atom. The van der Waals surface area contributed by atoms with Crippen molar-refractivity contribution in [3.63, 3.8) is 0 Å². The fourth-order valence-corrected chi connectivity index (χ4v) is 13.5. The minimum Gasteiger partial charge on any atom is -0.490 e. The molecule has 5 saturated heterocycles. The van der Waals surface area contributed by atoms with E-state index in [2.05, 4.69) is 37.2 Å². The largest absolute Gasteiger partial charge is 0.490 e. The number of carbonyl (C=O) groups excluding carboxylic acids is 3. The van der Waals surface area contributed by atoms with Crippen molar-refractivity contribution in [3.05, 3.63) is 82.2 Å². The first-order valence-corrected chi connectivity index (χ1v) is 28.4. The summed E-state index contributed by atoms with van der Waals surface area (Å²) in [4.78, 5) is 70.5. The number of rotatable bonds is 14. The van der Waals surface area contributed by atoms with Gasteiger partial charge in [0.1, 0.15) is 46.2 Å². The molecule has 5 aromatic rings. The second-order valence-electron chi connectivity index (χ2n) is 21.4. The van der Waals surface area contributed by atoms with Gasteiger partial charge in [-0.1, -0.05) is 54.5 Å². The van der Waals surface area contributed by atoms with Gasteiger partial charge in [0, 0.05) is 112 Å². The molecule has 3 amide bonds. The number of likely N-dealkylation sites (tertiary alicyclic amines) is 2. The Balaban J connectivity index is 0.722. The minimum absolute atomic E-state index is 0.0437. The van der Waals surface area contributed by atoms with Crippen molar-refractivity contribution in [1.82, 2.24) is 40.2 Å². The van der Waals surface area contributed by atoms with Gasteiger partial charge in [-0.15, -0.1) is 11.3 Å². The van der Waals surface area contributed by atoms with Gasteiger partial charge in [0.25, 0.3) is 0 Å². The van der Waals surface area contributed by atoms with E-state index in [1.165, 1.54) is 16.7 Å². The fraction of sp³-hybridized carbons (Fsp3) is 0.556. The summed E-state index contributed by atoms with van der Waals surface area (Å²) < 4.78 is 18.2. The summed E-state index contributed by atoms with van der Waals surface area (Å²) in [6, 6.07) is 8.82. The maximum Gasteiger partial charge on any atom is 0.243 e. The molecule has 0 unspecified atom stereocenters. The Kier molecular flexibility index (Phi) is 16.0. The molecular weight excluding hydrogens is 1010 g/mol. The van der Waals surface area contributed by atoms with E-state index >= 15 is 0 Å². The van der Waals surface area contributed by atoms with Crippen LogP contribution >= 0.6 is 34.7 Å². The lowest BCUT2D eigenvalue weighted by Gasteiger charge is -2.41. The van der Waals surface area contributed by atoms with E-state index in [1.54, 1.807) is 36.7 Å². The van der Waals surface area contributed by atoms with Gasteiger partial charge in [-0.2, -0.15) is 0 Å². The Morgan fingerprint density at radius 1 is 0.987 bits per heavy atom. The van der Waals surface area contributed by atoms with Crippen molar-refractivity contribution in [2.75, 3.05) is 62.2 Å². The van der Waals surface area contributed by atoms with Crippen molar-refractivity contribution in [2.45, 2.75) is 132 Å². The first-order valence-electron chi connectivity index (χ1n) is 26.3. The van der Waals surface area contributed by atoms with Crippen LogP contribution in [0.25, 0.3) is 10.4 Å². The van der Waals surface area contributed by atoms with Gasteiger partial charge in [-0.3, -0.25) is 14.4 Å². The highest BCUT2D eigenvalue weighted by Gasteiger charge is 2.48. The number of hydrogen-bond acceptors (Lipinski definition) is 17. The molecule has 5 fully saturated rings. The minimum atomic E-state index is -0.859. The number of aryl methyl sites for hydroxylation is 2. The van der Waals surface area contributed by atoms with Gasteiger partial charge in [-0.05, 0) is 70.1 Å². The van der Waals surface area contributed by atoms with Gasteiger partial charge >= 0.3 is 0 Å². The molecule has 10 rings (SSSR count). The van der Waals surface area contributed by atoms with Gasteiger partial charge in [0.2, 0.25) is 17.7 Å². The van der Waals surface area contributed by atoms with Crippen LogP contribution in [-0.4, -0.2) is 141 Å². The van der Waals surface area contributed by atoms with E-state index in [4.69, 9.17) is 41.3 Å². The monoisotopic (exact) mass is 1080 g/mol. The molecule has 5 atom stereocenters. The molecule has 0 saturated carbocycles. The van der Waals surface area contributed by atoms with Crippen LogP contribution in [0, 0.1) is 31.1 Å². The second kappa shape index (κ2) is 22.7. The lowest BCUT2D eigenvalue weighted by molar-refractivity contribution is -0.141. The molecule has 9 heterocycles. The number of halogens is 1. The summed E-state index contributed by atoms with van der Waals surface area (Å²) >= 11 is 10.1. The first kappa shape index (κ1) is 53.0. The van der Waals surface area contributed by atoms with E-state index in [0.717, 1.165) is 70.0 Å². The number of thiazole rings is 1. The number of nitrogens with two attached hydrogens (primary N) is 1. The number of carbonyl (C=O) groups is 3. The SMILES string of the molecule is Cc1cc([C@@H](C(=O)N2C[C@H](O)C[C@H]2C(=O)NCc2ccc(-c3scnc3C)cc2OC2CCN(C(=O)C3CCN(c4nccc(Sc5cnc(N6CCC7(CC6)CO[C@@H](C)[C@H]7N)cn5)c4Cl)CC3)CC2)C(C)C)on1. The Morgan fingerprint density at radius 2 is 1.76 bits per heavy atom. The Labute approximate surface area is 451 Å². The van der Waals surface area contributed by atoms with Crippen LogP contribution < -0.4 is 25.6 Å². The zero-order valence-corrected chi connectivity index (χ0v) is 45.7. The molecule has 1 spiro atoms. The molecule has 5 aliphatic rings. The number of β-amino-alcohol motifs (C(OH)–C–C–N with tert-alkyl or cyclic N) is 1. The third-order valence-electron chi connectivity index (χ3n) is 16.1. The number of pyridine rings is 1. The zero-order valence-electron chi connectivity index (χ0n) is 43.3. The van der Waals surface area contributed by atoms with E-state index in [-0.39, 0.29) is 72.7 Å². The smallest absolute Gasteiger partial charge is 0.243 e. The van der Waals surface area contributed by atoms with Crippen LogP contribution in [0.15, 0.2) is 68.9 Å². The molecule has 75 heavy (non-hydrogen) atoms. The summed E-state index contributed by atoms with van der Waals surface area (Å²) in [5, 5.41) is 19.1. The fourth-order valence-electron chi connectivity index (χ4n) is 11.6. The molecule has 0 bridgehead atoms. The topological polar surface area (TPSA) is 218 Å². The normalized spacial score (nSPS) is 22.8. The van der Waals surface area contributed by atoms with E-state index in [1.807, 2.05) is 61.6 Å². The number of hydrogen-bond donors (Lipinski definition) is 3. The van der Waals surface area contributed by atoms with Gasteiger partial charge in [0.05, 0.1) is 58.0 Å². The van der Waals surface area contributed by atoms with Gasteiger partial charge in [-0.25, -0.2) is 19.9 Å². The number of benzene rings is 1. The highest BCUT2D eigenvalue weighted by atomic mass is 35.5. The predicted octanol–water partition coefficient (Wildman–Crippen LogP) is 7.04. The standard InChI is InChI=1S/C54H68ClN11O7S2/c1-31(2)46(42-22-32(3)62-73-42)53(70)66-28-38(67)24-40(66)51(68)60-25-37-7-6-36(48-33(4)61-30-74-48)23-41(37)72-39-11-18-65(19-12-39)52(69)35-9-16-64(17-10-35)50-47(55)43(8-15-57-50)75-45-27-58-44(26-59-45)63-20-13-54(14-21-63)29-71-34(5)49(54)56/h6-8,15,22-23,26-27,30-31,34-35,38-40,46,49,67H,9-14,16-21,24-25,28-29,56H2,1-5H3,(H,60,68)/t34-,38+,40-,46-,49+/m0/s1. The molecule has 0 aliphatic carbocycles. The molecule has 21 heteroatoms. The number of amides is 3. The molecule has 400 valence electrons. The van der Waals surface area contributed by atoms with E-state index in [9.17, 15) is 19.5 Å². The molecule has 0 radical (unpaired) electrons. The van der Waals surface area contributed by atoms with Crippen molar-refractivity contribution in [3.8, 4) is 16.2 Å². The summed E-state index contributed by atoms with van der Waals surface area (Å²) in [5.74, 6) is 1.29. The summed E-state index contributed by atoms with van der Waals surface area (Å²) in [5.41, 5.74) is 11.7. The number of ether oxygens (including phenoxy) is 2. The van der Waals surface area contributed by atoms with E-state index in [0.29, 0.717) is 79.9 Å². The van der Waals surface area contributed by atoms with Crippen LogP contribution in [0.4, 0.5) is 11.6 Å². The molecule has 18 nitrogen and oxygen atoms in total. The average Bonchev–Trinajstić information content (AvgIpc) is 4.22. The van der Waals surface area contributed by atoms with Crippen LogP contribution in [0.1, 0.15) is 94.3 Å². The molecule has 5 aliphatic heterocycles. The number of nitrogens with zero attached hydrogens (tertiary/aromatic N) is 9. The second-order valence-corrected chi connectivity index (χ2v) is 23.6. The molecule has 1 aromatic carbocycles. The van der Waals surface area contributed by atoms with Gasteiger partial charge in [0.15, 0.2) is 0 Å². The Hall–Kier alpha value is -5.38. The van der Waals surface area contributed by atoms with Crippen LogP contribution in [0.2, 0.25) is 5.02 Å². The third kappa shape index (κ3) is 11.4. The first-order chi connectivity index (χ1) is 36.1. The average molecular weight is 1080 g/mol. The van der Waals surface area contributed by atoms with Crippen molar-refractivity contribution < 1.29 is 33.5 Å². The molecule has 4 N–H and O–H groups in total. The van der Waals surface area contributed by atoms with E-state index < -0.39 is 18.1 Å². The number of anilines is 2. The number of aliphatic hydroxyl groups excluding tert-OH is 1.